The number of halogens is 1. The molecule has 114 valence electrons. The average molecular weight is 302 g/mol. The van der Waals surface area contributed by atoms with Crippen LogP contribution in [0.1, 0.15) is 32.0 Å². The molecule has 1 N–H and O–H groups in total. The van der Waals surface area contributed by atoms with Gasteiger partial charge in [-0.1, -0.05) is 18.5 Å². The normalized spacial score (nSPS) is 24.2. The Hall–Kier alpha value is -0.620. The lowest BCUT2D eigenvalue weighted by molar-refractivity contribution is 0.116. The lowest BCUT2D eigenvalue weighted by Crippen LogP contribution is -2.31. The predicted molar refractivity (Wildman–Crippen MR) is 79.1 cm³/mol. The molecule has 0 aliphatic carbocycles. The summed E-state index contributed by atoms with van der Waals surface area (Å²) in [6, 6.07) is 0.178. The maximum Gasteiger partial charge on any atom is 0.0834 e. The van der Waals surface area contributed by atoms with Crippen molar-refractivity contribution in [1.29, 1.82) is 0 Å². The SMILES string of the molecule is CCNC(c1c(Cl)cnn1CCOC)C1COC(C)C1. The molecule has 3 atom stereocenters. The second kappa shape index (κ2) is 7.41. The monoisotopic (exact) mass is 301 g/mol. The van der Waals surface area contributed by atoms with Crippen LogP contribution in [-0.4, -0.2) is 42.8 Å². The van der Waals surface area contributed by atoms with Gasteiger partial charge in [-0.2, -0.15) is 5.10 Å². The molecule has 5 nitrogen and oxygen atoms in total. The summed E-state index contributed by atoms with van der Waals surface area (Å²) in [7, 11) is 1.69. The molecule has 1 aromatic heterocycles. The van der Waals surface area contributed by atoms with Crippen LogP contribution in [0.4, 0.5) is 0 Å². The third-order valence-corrected chi connectivity index (χ3v) is 4.05. The van der Waals surface area contributed by atoms with Gasteiger partial charge in [-0.25, -0.2) is 0 Å². The summed E-state index contributed by atoms with van der Waals surface area (Å²) in [6.07, 6.45) is 3.08. The van der Waals surface area contributed by atoms with Crippen molar-refractivity contribution in [2.75, 3.05) is 26.9 Å². The van der Waals surface area contributed by atoms with Crippen molar-refractivity contribution in [1.82, 2.24) is 15.1 Å². The highest BCUT2D eigenvalue weighted by molar-refractivity contribution is 6.31. The second-order valence-electron chi connectivity index (χ2n) is 5.27. The summed E-state index contributed by atoms with van der Waals surface area (Å²) in [5, 5.41) is 8.62. The van der Waals surface area contributed by atoms with Crippen LogP contribution in [0.15, 0.2) is 6.20 Å². The number of ether oxygens (including phenoxy) is 2. The average Bonchev–Trinajstić information content (AvgIpc) is 3.01. The van der Waals surface area contributed by atoms with Gasteiger partial charge in [0.2, 0.25) is 0 Å². The van der Waals surface area contributed by atoms with E-state index in [0.717, 1.165) is 25.3 Å². The van der Waals surface area contributed by atoms with Crippen LogP contribution < -0.4 is 5.32 Å². The Bertz CT molecular complexity index is 425. The fraction of sp³-hybridized carbons (Fsp3) is 0.786. The molecule has 1 aliphatic rings. The summed E-state index contributed by atoms with van der Waals surface area (Å²) < 4.78 is 12.8. The minimum atomic E-state index is 0.178. The largest absolute Gasteiger partial charge is 0.383 e. The third-order valence-electron chi connectivity index (χ3n) is 3.76. The quantitative estimate of drug-likeness (QED) is 0.839. The number of nitrogens with one attached hydrogen (secondary N) is 1. The summed E-state index contributed by atoms with van der Waals surface area (Å²) in [5.41, 5.74) is 1.05. The van der Waals surface area contributed by atoms with E-state index in [1.54, 1.807) is 13.3 Å². The fourth-order valence-corrected chi connectivity index (χ4v) is 3.08. The third kappa shape index (κ3) is 3.52. The summed E-state index contributed by atoms with van der Waals surface area (Å²) >= 11 is 6.36. The predicted octanol–water partition coefficient (Wildman–Crippen LogP) is 2.26. The number of hydrogen-bond acceptors (Lipinski definition) is 4. The van der Waals surface area contributed by atoms with Crippen molar-refractivity contribution >= 4 is 11.6 Å². The van der Waals surface area contributed by atoms with Crippen LogP contribution in [0.2, 0.25) is 5.02 Å². The first-order valence-electron chi connectivity index (χ1n) is 7.22. The highest BCUT2D eigenvalue weighted by Gasteiger charge is 2.33. The number of aromatic nitrogens is 2. The minimum absolute atomic E-state index is 0.178. The van der Waals surface area contributed by atoms with Gasteiger partial charge in [0.15, 0.2) is 0 Å². The van der Waals surface area contributed by atoms with Crippen molar-refractivity contribution in [3.05, 3.63) is 16.9 Å². The Balaban J connectivity index is 2.21. The maximum atomic E-state index is 6.36. The van der Waals surface area contributed by atoms with E-state index >= 15 is 0 Å². The van der Waals surface area contributed by atoms with Gasteiger partial charge in [-0.15, -0.1) is 0 Å². The number of rotatable bonds is 7. The molecule has 0 amide bonds. The zero-order valence-corrected chi connectivity index (χ0v) is 13.2. The van der Waals surface area contributed by atoms with Crippen molar-refractivity contribution < 1.29 is 9.47 Å². The van der Waals surface area contributed by atoms with E-state index in [-0.39, 0.29) is 6.04 Å². The molecule has 2 heterocycles. The van der Waals surface area contributed by atoms with Crippen LogP contribution >= 0.6 is 11.6 Å². The molecule has 1 aromatic rings. The van der Waals surface area contributed by atoms with Gasteiger partial charge in [0.25, 0.3) is 0 Å². The van der Waals surface area contributed by atoms with E-state index in [1.165, 1.54) is 0 Å². The number of hydrogen-bond donors (Lipinski definition) is 1. The summed E-state index contributed by atoms with van der Waals surface area (Å²) in [5.74, 6) is 0.431. The summed E-state index contributed by atoms with van der Waals surface area (Å²) in [4.78, 5) is 0. The van der Waals surface area contributed by atoms with Gasteiger partial charge in [-0.3, -0.25) is 4.68 Å². The Morgan fingerprint density at radius 2 is 2.45 bits per heavy atom. The molecule has 0 spiro atoms. The standard InChI is InChI=1S/C14H24ClN3O2/c1-4-16-13(11-7-10(2)20-9-11)14-12(15)8-17-18(14)5-6-19-3/h8,10-11,13,16H,4-7,9H2,1-3H3. The van der Waals surface area contributed by atoms with Crippen molar-refractivity contribution in [3.8, 4) is 0 Å². The molecule has 1 saturated heterocycles. The van der Waals surface area contributed by atoms with E-state index in [0.29, 0.717) is 30.2 Å². The first kappa shape index (κ1) is 15.8. The van der Waals surface area contributed by atoms with Gasteiger partial charge in [0.1, 0.15) is 0 Å². The molecule has 3 unspecified atom stereocenters. The molecule has 0 aromatic carbocycles. The van der Waals surface area contributed by atoms with Crippen LogP contribution in [0.3, 0.4) is 0 Å². The van der Waals surface area contributed by atoms with Crippen LogP contribution in [0, 0.1) is 5.92 Å². The van der Waals surface area contributed by atoms with E-state index in [2.05, 4.69) is 24.3 Å². The van der Waals surface area contributed by atoms with Gasteiger partial charge < -0.3 is 14.8 Å². The maximum absolute atomic E-state index is 6.36. The highest BCUT2D eigenvalue weighted by Crippen LogP contribution is 2.34. The molecule has 1 fully saturated rings. The smallest absolute Gasteiger partial charge is 0.0834 e. The zero-order chi connectivity index (χ0) is 14.5. The molecule has 6 heteroatoms. The lowest BCUT2D eigenvalue weighted by Gasteiger charge is -2.25. The molecule has 2 rings (SSSR count). The molecule has 20 heavy (non-hydrogen) atoms. The first-order valence-corrected chi connectivity index (χ1v) is 7.60. The second-order valence-corrected chi connectivity index (χ2v) is 5.68. The van der Waals surface area contributed by atoms with Crippen molar-refractivity contribution in [2.24, 2.45) is 5.92 Å². The lowest BCUT2D eigenvalue weighted by atomic mass is 9.94. The topological polar surface area (TPSA) is 48.3 Å². The van der Waals surface area contributed by atoms with Crippen LogP contribution in [0.5, 0.6) is 0 Å². The molecular weight excluding hydrogens is 278 g/mol. The number of nitrogens with zero attached hydrogens (tertiary/aromatic N) is 2. The van der Waals surface area contributed by atoms with Gasteiger partial charge >= 0.3 is 0 Å². The fourth-order valence-electron chi connectivity index (χ4n) is 2.83. The number of methoxy groups -OCH3 is 1. The van der Waals surface area contributed by atoms with Crippen LogP contribution in [0.25, 0.3) is 0 Å². The van der Waals surface area contributed by atoms with Crippen molar-refractivity contribution in [2.45, 2.75) is 39.0 Å². The Labute approximate surface area is 125 Å². The van der Waals surface area contributed by atoms with Gasteiger partial charge in [0, 0.05) is 13.0 Å². The Morgan fingerprint density at radius 1 is 1.65 bits per heavy atom. The van der Waals surface area contributed by atoms with Gasteiger partial charge in [0.05, 0.1) is 48.8 Å². The Kier molecular flexibility index (Phi) is 5.84. The Morgan fingerprint density at radius 3 is 3.05 bits per heavy atom. The molecule has 0 saturated carbocycles. The van der Waals surface area contributed by atoms with Crippen LogP contribution in [-0.2, 0) is 16.0 Å². The first-order chi connectivity index (χ1) is 9.67. The van der Waals surface area contributed by atoms with E-state index in [9.17, 15) is 0 Å². The molecule has 0 bridgehead atoms. The van der Waals surface area contributed by atoms with Crippen molar-refractivity contribution in [3.63, 3.8) is 0 Å². The summed E-state index contributed by atoms with van der Waals surface area (Å²) in [6.45, 7) is 7.22. The highest BCUT2D eigenvalue weighted by atomic mass is 35.5. The minimum Gasteiger partial charge on any atom is -0.383 e. The molecule has 1 aliphatic heterocycles. The van der Waals surface area contributed by atoms with E-state index in [1.807, 2.05) is 4.68 Å². The molecular formula is C14H24ClN3O2. The zero-order valence-electron chi connectivity index (χ0n) is 12.4. The van der Waals surface area contributed by atoms with E-state index in [4.69, 9.17) is 21.1 Å². The molecule has 0 radical (unpaired) electrons. The van der Waals surface area contributed by atoms with Gasteiger partial charge in [-0.05, 0) is 19.9 Å². The van der Waals surface area contributed by atoms with E-state index < -0.39 is 0 Å².